The van der Waals surface area contributed by atoms with Gasteiger partial charge in [-0.05, 0) is 109 Å². The fourth-order valence-electron chi connectivity index (χ4n) is 4.64. The summed E-state index contributed by atoms with van der Waals surface area (Å²) in [6.07, 6.45) is 3.76. The van der Waals surface area contributed by atoms with Gasteiger partial charge < -0.3 is 23.7 Å². The Kier molecular flexibility index (Phi) is 9.53. The third-order valence-electron chi connectivity index (χ3n) is 6.91. The van der Waals surface area contributed by atoms with Crippen LogP contribution in [0.4, 0.5) is 0 Å². The lowest BCUT2D eigenvalue weighted by molar-refractivity contribution is -0.161. The van der Waals surface area contributed by atoms with E-state index in [-0.39, 0.29) is 23.6 Å². The van der Waals surface area contributed by atoms with E-state index in [9.17, 15) is 4.79 Å². The molecule has 0 aliphatic carbocycles. The lowest BCUT2D eigenvalue weighted by Gasteiger charge is -2.45. The van der Waals surface area contributed by atoms with Crippen LogP contribution in [-0.2, 0) is 24.6 Å². The molecule has 210 valence electrons. The summed E-state index contributed by atoms with van der Waals surface area (Å²) < 4.78 is 29.7. The molecule has 38 heavy (non-hydrogen) atoms. The second-order valence-corrected chi connectivity index (χ2v) is 12.6. The van der Waals surface area contributed by atoms with Gasteiger partial charge in [0.2, 0.25) is 0 Å². The van der Waals surface area contributed by atoms with Gasteiger partial charge in [-0.3, -0.25) is 0 Å². The van der Waals surface area contributed by atoms with Crippen molar-refractivity contribution in [3.05, 3.63) is 54.1 Å². The van der Waals surface area contributed by atoms with Crippen LogP contribution in [-0.4, -0.2) is 37.0 Å². The second-order valence-electron chi connectivity index (χ2n) is 12.6. The summed E-state index contributed by atoms with van der Waals surface area (Å²) in [6.45, 7) is 17.1. The van der Waals surface area contributed by atoms with Crippen LogP contribution in [0.15, 0.2) is 48.5 Å². The van der Waals surface area contributed by atoms with Crippen molar-refractivity contribution in [2.75, 3.05) is 19.8 Å². The Morgan fingerprint density at radius 2 is 1.58 bits per heavy atom. The SMILES string of the molecule is CCC1(CCOCC(=O)OC(C)(C)C)CCC(C)(c2cccc(Oc3cccc(OC(C)(C)C)c3)c2)OC1. The van der Waals surface area contributed by atoms with Crippen molar-refractivity contribution in [2.24, 2.45) is 5.41 Å². The Labute approximate surface area is 229 Å². The summed E-state index contributed by atoms with van der Waals surface area (Å²) in [7, 11) is 0. The Bertz CT molecular complexity index is 1050. The molecule has 0 aromatic heterocycles. The van der Waals surface area contributed by atoms with Gasteiger partial charge in [0.15, 0.2) is 0 Å². The van der Waals surface area contributed by atoms with E-state index >= 15 is 0 Å². The van der Waals surface area contributed by atoms with Crippen molar-refractivity contribution in [1.29, 1.82) is 0 Å². The smallest absolute Gasteiger partial charge is 0.332 e. The van der Waals surface area contributed by atoms with Crippen molar-refractivity contribution in [3.63, 3.8) is 0 Å². The first-order valence-corrected chi connectivity index (χ1v) is 13.7. The number of carbonyl (C=O) groups excluding carboxylic acids is 1. The van der Waals surface area contributed by atoms with Gasteiger partial charge in [0.1, 0.15) is 35.1 Å². The van der Waals surface area contributed by atoms with Crippen molar-refractivity contribution >= 4 is 5.97 Å². The lowest BCUT2D eigenvalue weighted by Crippen LogP contribution is -2.41. The second kappa shape index (κ2) is 12.1. The molecule has 2 unspecified atom stereocenters. The van der Waals surface area contributed by atoms with Gasteiger partial charge in [0.25, 0.3) is 0 Å². The van der Waals surface area contributed by atoms with E-state index in [0.717, 1.165) is 48.5 Å². The van der Waals surface area contributed by atoms with Gasteiger partial charge in [0.05, 0.1) is 12.2 Å². The molecule has 1 heterocycles. The number of ether oxygens (including phenoxy) is 5. The molecule has 0 N–H and O–H groups in total. The van der Waals surface area contributed by atoms with Crippen LogP contribution in [0.5, 0.6) is 17.2 Å². The molecule has 6 nitrogen and oxygen atoms in total. The highest BCUT2D eigenvalue weighted by atomic mass is 16.6. The number of esters is 1. The van der Waals surface area contributed by atoms with Crippen LogP contribution >= 0.6 is 0 Å². The Hall–Kier alpha value is -2.57. The fourth-order valence-corrected chi connectivity index (χ4v) is 4.64. The molecule has 1 saturated heterocycles. The highest BCUT2D eigenvalue weighted by molar-refractivity contribution is 5.71. The summed E-state index contributed by atoms with van der Waals surface area (Å²) in [5.41, 5.74) is -0.0341. The minimum absolute atomic E-state index is 0.0202. The molecule has 0 saturated carbocycles. The Morgan fingerprint density at radius 3 is 2.18 bits per heavy atom. The fraction of sp³-hybridized carbons (Fsp3) is 0.594. The highest BCUT2D eigenvalue weighted by Gasteiger charge is 2.41. The lowest BCUT2D eigenvalue weighted by atomic mass is 9.72. The molecular weight excluding hydrogens is 480 g/mol. The number of hydrogen-bond donors (Lipinski definition) is 0. The van der Waals surface area contributed by atoms with Gasteiger partial charge >= 0.3 is 5.97 Å². The van der Waals surface area contributed by atoms with Crippen LogP contribution in [0, 0.1) is 5.41 Å². The van der Waals surface area contributed by atoms with Crippen molar-refractivity contribution in [3.8, 4) is 17.2 Å². The highest BCUT2D eigenvalue weighted by Crippen LogP contribution is 2.46. The molecule has 2 atom stereocenters. The molecule has 2 aromatic carbocycles. The predicted octanol–water partition coefficient (Wildman–Crippen LogP) is 7.83. The van der Waals surface area contributed by atoms with E-state index < -0.39 is 11.2 Å². The van der Waals surface area contributed by atoms with E-state index in [1.807, 2.05) is 77.9 Å². The zero-order valence-corrected chi connectivity index (χ0v) is 24.5. The first kappa shape index (κ1) is 30.0. The molecule has 0 spiro atoms. The van der Waals surface area contributed by atoms with Crippen molar-refractivity contribution in [1.82, 2.24) is 0 Å². The molecule has 0 bridgehead atoms. The zero-order valence-electron chi connectivity index (χ0n) is 24.5. The number of carbonyl (C=O) groups is 1. The minimum atomic E-state index is -0.500. The van der Waals surface area contributed by atoms with E-state index in [2.05, 4.69) is 26.0 Å². The van der Waals surface area contributed by atoms with Crippen LogP contribution < -0.4 is 9.47 Å². The maximum atomic E-state index is 11.9. The molecule has 1 aliphatic heterocycles. The quantitative estimate of drug-likeness (QED) is 0.232. The van der Waals surface area contributed by atoms with Crippen LogP contribution in [0.25, 0.3) is 0 Å². The average Bonchev–Trinajstić information content (AvgIpc) is 2.82. The molecule has 0 radical (unpaired) electrons. The Balaban J connectivity index is 1.58. The minimum Gasteiger partial charge on any atom is -0.488 e. The van der Waals surface area contributed by atoms with E-state index in [4.69, 9.17) is 23.7 Å². The number of benzene rings is 2. The maximum absolute atomic E-state index is 11.9. The molecular formula is C32H46O6. The third-order valence-corrected chi connectivity index (χ3v) is 6.91. The van der Waals surface area contributed by atoms with E-state index in [1.165, 1.54) is 0 Å². The largest absolute Gasteiger partial charge is 0.488 e. The molecule has 1 aliphatic rings. The molecule has 1 fully saturated rings. The van der Waals surface area contributed by atoms with Gasteiger partial charge in [-0.25, -0.2) is 4.79 Å². The van der Waals surface area contributed by atoms with Crippen molar-refractivity contribution in [2.45, 2.75) is 97.9 Å². The van der Waals surface area contributed by atoms with Crippen LogP contribution in [0.2, 0.25) is 0 Å². The predicted molar refractivity (Wildman–Crippen MR) is 150 cm³/mol. The van der Waals surface area contributed by atoms with Crippen LogP contribution in [0.1, 0.15) is 86.6 Å². The summed E-state index contributed by atoms with van der Waals surface area (Å²) in [5, 5.41) is 0. The van der Waals surface area contributed by atoms with E-state index in [0.29, 0.717) is 13.2 Å². The van der Waals surface area contributed by atoms with Gasteiger partial charge in [0, 0.05) is 12.7 Å². The summed E-state index contributed by atoms with van der Waals surface area (Å²) in [5.74, 6) is 1.95. The summed E-state index contributed by atoms with van der Waals surface area (Å²) >= 11 is 0. The number of hydrogen-bond acceptors (Lipinski definition) is 6. The third kappa shape index (κ3) is 9.02. The first-order valence-electron chi connectivity index (χ1n) is 13.7. The average molecular weight is 527 g/mol. The normalized spacial score (nSPS) is 22.1. The molecule has 0 amide bonds. The summed E-state index contributed by atoms with van der Waals surface area (Å²) in [6, 6.07) is 15.9. The topological polar surface area (TPSA) is 63.2 Å². The molecule has 3 rings (SSSR count). The Morgan fingerprint density at radius 1 is 0.921 bits per heavy atom. The van der Waals surface area contributed by atoms with Gasteiger partial charge in [-0.2, -0.15) is 0 Å². The summed E-state index contributed by atoms with van der Waals surface area (Å²) in [4.78, 5) is 11.9. The first-order chi connectivity index (χ1) is 17.7. The maximum Gasteiger partial charge on any atom is 0.332 e. The van der Waals surface area contributed by atoms with Crippen LogP contribution in [0.3, 0.4) is 0 Å². The molecule has 2 aromatic rings. The zero-order chi connectivity index (χ0) is 28.0. The molecule has 6 heteroatoms. The van der Waals surface area contributed by atoms with Gasteiger partial charge in [-0.15, -0.1) is 0 Å². The van der Waals surface area contributed by atoms with E-state index in [1.54, 1.807) is 0 Å². The van der Waals surface area contributed by atoms with Gasteiger partial charge in [-0.1, -0.05) is 25.1 Å². The van der Waals surface area contributed by atoms with Crippen molar-refractivity contribution < 1.29 is 28.5 Å². The standard InChI is InChI=1S/C32H46O6/c1-9-32(18-19-34-22-28(33)38-30(5,6)7)17-16-31(8,35-23-32)24-12-10-13-25(20-24)36-26-14-11-15-27(21-26)37-29(2,3)4/h10-15,20-21H,9,16-19,22-23H2,1-8H3. The number of rotatable bonds is 10. The monoisotopic (exact) mass is 526 g/mol.